The number of aliphatic carboxylic acids is 1. The van der Waals surface area contributed by atoms with Crippen LogP contribution in [0.15, 0.2) is 34.4 Å². The number of fused-ring (bicyclic) bond motifs is 3. The summed E-state index contributed by atoms with van der Waals surface area (Å²) >= 11 is 1.68. The Kier molecular flexibility index (Phi) is 6.71. The first kappa shape index (κ1) is 26.2. The molecule has 0 bridgehead atoms. The highest BCUT2D eigenvalue weighted by atomic mass is 32.1. The quantitative estimate of drug-likeness (QED) is 0.548. The molecule has 9 nitrogen and oxygen atoms in total. The Morgan fingerprint density at radius 2 is 1.89 bits per heavy atom. The number of nitrogens with zero attached hydrogens (tertiary/aromatic N) is 4. The fourth-order valence-electron chi connectivity index (χ4n) is 5.32. The van der Waals surface area contributed by atoms with Gasteiger partial charge in [-0.15, -0.1) is 11.3 Å². The molecule has 0 aliphatic carbocycles. The van der Waals surface area contributed by atoms with E-state index < -0.39 is 17.6 Å². The van der Waals surface area contributed by atoms with Gasteiger partial charge in [-0.05, 0) is 65.7 Å². The lowest BCUT2D eigenvalue weighted by Crippen LogP contribution is -2.47. The van der Waals surface area contributed by atoms with E-state index in [0.717, 1.165) is 51.9 Å². The number of aryl methyl sites for hydroxylation is 1. The molecular weight excluding hydrogens is 502 g/mol. The van der Waals surface area contributed by atoms with Crippen LogP contribution in [0.2, 0.25) is 0 Å². The molecule has 3 atom stereocenters. The SMILES string of the molecule is CC1=NNC2C(CC(=O)O)N=C(c3ccc(N4CCC(C(=O)OC(C)(C)C)C4)cc3)c3c(sc(C)c3C)N12. The van der Waals surface area contributed by atoms with Crippen molar-refractivity contribution in [2.75, 3.05) is 22.9 Å². The third-order valence-electron chi connectivity index (χ3n) is 7.29. The monoisotopic (exact) mass is 537 g/mol. The summed E-state index contributed by atoms with van der Waals surface area (Å²) in [6.07, 6.45) is 0.307. The number of carbonyl (C=O) groups is 2. The van der Waals surface area contributed by atoms with Gasteiger partial charge in [0.25, 0.3) is 0 Å². The van der Waals surface area contributed by atoms with Crippen LogP contribution >= 0.6 is 11.3 Å². The normalized spacial score (nSPS) is 22.7. The number of nitrogens with one attached hydrogen (secondary N) is 1. The van der Waals surface area contributed by atoms with Crippen molar-refractivity contribution in [3.05, 3.63) is 45.8 Å². The van der Waals surface area contributed by atoms with Gasteiger partial charge in [-0.1, -0.05) is 12.1 Å². The molecule has 0 spiro atoms. The second kappa shape index (κ2) is 9.72. The van der Waals surface area contributed by atoms with Gasteiger partial charge in [0.2, 0.25) is 0 Å². The summed E-state index contributed by atoms with van der Waals surface area (Å²) in [5, 5.41) is 15.1. The number of hydrogen-bond acceptors (Lipinski definition) is 9. The van der Waals surface area contributed by atoms with Crippen molar-refractivity contribution >= 4 is 45.5 Å². The van der Waals surface area contributed by atoms with Gasteiger partial charge < -0.3 is 14.7 Å². The first-order chi connectivity index (χ1) is 17.9. The Labute approximate surface area is 227 Å². The molecule has 2 aromatic rings. The zero-order valence-corrected chi connectivity index (χ0v) is 23.6. The van der Waals surface area contributed by atoms with E-state index in [2.05, 4.69) is 46.3 Å². The van der Waals surface area contributed by atoms with Crippen molar-refractivity contribution in [1.82, 2.24) is 5.43 Å². The minimum absolute atomic E-state index is 0.106. The summed E-state index contributed by atoms with van der Waals surface area (Å²) < 4.78 is 5.60. The van der Waals surface area contributed by atoms with Crippen LogP contribution < -0.4 is 15.2 Å². The van der Waals surface area contributed by atoms with Crippen molar-refractivity contribution in [3.8, 4) is 0 Å². The first-order valence-electron chi connectivity index (χ1n) is 13.0. The van der Waals surface area contributed by atoms with Gasteiger partial charge in [-0.25, -0.2) is 0 Å². The van der Waals surface area contributed by atoms with Crippen LogP contribution in [-0.2, 0) is 14.3 Å². The smallest absolute Gasteiger partial charge is 0.311 e. The molecule has 3 aliphatic heterocycles. The largest absolute Gasteiger partial charge is 0.481 e. The summed E-state index contributed by atoms with van der Waals surface area (Å²) in [7, 11) is 0. The molecule has 1 aromatic carbocycles. The second-order valence-corrected chi connectivity index (χ2v) is 12.4. The zero-order chi connectivity index (χ0) is 27.4. The van der Waals surface area contributed by atoms with Crippen LogP contribution in [0.1, 0.15) is 62.1 Å². The van der Waals surface area contributed by atoms with E-state index in [9.17, 15) is 14.7 Å². The van der Waals surface area contributed by atoms with Gasteiger partial charge in [0.1, 0.15) is 28.6 Å². The molecule has 1 saturated heterocycles. The number of esters is 1. The number of carbonyl (C=O) groups excluding carboxylic acids is 1. The highest BCUT2D eigenvalue weighted by molar-refractivity contribution is 7.17. The van der Waals surface area contributed by atoms with Crippen LogP contribution in [-0.4, -0.2) is 59.5 Å². The third kappa shape index (κ3) is 4.89. The fraction of sp³-hybridized carbons (Fsp3) is 0.500. The lowest BCUT2D eigenvalue weighted by molar-refractivity contribution is -0.159. The number of hydrogen-bond donors (Lipinski definition) is 2. The molecule has 3 aliphatic rings. The van der Waals surface area contributed by atoms with Crippen molar-refractivity contribution in [3.63, 3.8) is 0 Å². The number of rotatable bonds is 5. The Hall–Kier alpha value is -3.40. The molecule has 0 radical (unpaired) electrons. The molecule has 202 valence electrons. The molecule has 5 rings (SSSR count). The van der Waals surface area contributed by atoms with Crippen LogP contribution in [0.4, 0.5) is 10.7 Å². The number of amidine groups is 1. The molecule has 10 heteroatoms. The minimum atomic E-state index is -0.897. The van der Waals surface area contributed by atoms with Crippen LogP contribution in [0.3, 0.4) is 0 Å². The number of anilines is 2. The van der Waals surface area contributed by atoms with Gasteiger partial charge in [0.05, 0.1) is 18.1 Å². The third-order valence-corrected chi connectivity index (χ3v) is 8.49. The number of thiophene rings is 1. The van der Waals surface area contributed by atoms with Crippen molar-refractivity contribution in [2.45, 2.75) is 72.2 Å². The van der Waals surface area contributed by atoms with E-state index in [-0.39, 0.29) is 24.5 Å². The van der Waals surface area contributed by atoms with Crippen molar-refractivity contribution in [1.29, 1.82) is 0 Å². The van der Waals surface area contributed by atoms with Crippen molar-refractivity contribution in [2.24, 2.45) is 16.0 Å². The van der Waals surface area contributed by atoms with E-state index >= 15 is 0 Å². The van der Waals surface area contributed by atoms with E-state index in [1.165, 1.54) is 4.88 Å². The maximum atomic E-state index is 12.6. The van der Waals surface area contributed by atoms with E-state index in [0.29, 0.717) is 6.54 Å². The Balaban J connectivity index is 1.46. The number of hydrazone groups is 1. The number of ether oxygens (including phenoxy) is 1. The maximum absolute atomic E-state index is 12.6. The molecular formula is C28H35N5O4S. The van der Waals surface area contributed by atoms with Gasteiger partial charge in [0, 0.05) is 34.8 Å². The summed E-state index contributed by atoms with van der Waals surface area (Å²) in [6, 6.07) is 7.71. The van der Waals surface area contributed by atoms with Crippen LogP contribution in [0.25, 0.3) is 0 Å². The van der Waals surface area contributed by atoms with E-state index in [4.69, 9.17) is 9.73 Å². The van der Waals surface area contributed by atoms with Crippen LogP contribution in [0.5, 0.6) is 0 Å². The predicted molar refractivity (Wildman–Crippen MR) is 151 cm³/mol. The van der Waals surface area contributed by atoms with Gasteiger partial charge in [0.15, 0.2) is 0 Å². The standard InChI is InChI=1S/C28H35N5O4S/c1-15-16(2)38-26-23(15)24(29-21(13-22(34)35)25-31-30-17(3)33(25)26)18-7-9-20(10-8-18)32-12-11-19(14-32)27(36)37-28(4,5)6/h7-10,19,21,25,31H,11-14H2,1-6H3,(H,34,35). The number of carboxylic acids is 1. The zero-order valence-electron chi connectivity index (χ0n) is 22.7. The summed E-state index contributed by atoms with van der Waals surface area (Å²) in [4.78, 5) is 34.9. The van der Waals surface area contributed by atoms with Crippen molar-refractivity contribution < 1.29 is 19.4 Å². The van der Waals surface area contributed by atoms with Gasteiger partial charge in [-0.3, -0.25) is 24.9 Å². The fourth-order valence-corrected chi connectivity index (χ4v) is 6.56. The van der Waals surface area contributed by atoms with Crippen LogP contribution in [0, 0.1) is 19.8 Å². The van der Waals surface area contributed by atoms with E-state index in [1.807, 2.05) is 39.8 Å². The van der Waals surface area contributed by atoms with Gasteiger partial charge in [-0.2, -0.15) is 5.10 Å². The number of benzene rings is 1. The Morgan fingerprint density at radius 3 is 2.55 bits per heavy atom. The van der Waals surface area contributed by atoms with E-state index in [1.54, 1.807) is 11.3 Å². The second-order valence-electron chi connectivity index (χ2n) is 11.2. The average molecular weight is 538 g/mol. The molecule has 3 unspecified atom stereocenters. The molecule has 2 N–H and O–H groups in total. The molecule has 0 saturated carbocycles. The summed E-state index contributed by atoms with van der Waals surface area (Å²) in [5.41, 5.74) is 7.58. The summed E-state index contributed by atoms with van der Waals surface area (Å²) in [5.74, 6) is -0.376. The predicted octanol–water partition coefficient (Wildman–Crippen LogP) is 4.30. The lowest BCUT2D eigenvalue weighted by atomic mass is 9.99. The average Bonchev–Trinajstić information content (AvgIpc) is 3.52. The molecule has 4 heterocycles. The highest BCUT2D eigenvalue weighted by Crippen LogP contribution is 2.42. The Morgan fingerprint density at radius 1 is 1.18 bits per heavy atom. The molecule has 38 heavy (non-hydrogen) atoms. The maximum Gasteiger partial charge on any atom is 0.311 e. The van der Waals surface area contributed by atoms with Gasteiger partial charge >= 0.3 is 11.9 Å². The summed E-state index contributed by atoms with van der Waals surface area (Å²) in [6.45, 7) is 13.2. The molecule has 1 fully saturated rings. The lowest BCUT2D eigenvalue weighted by Gasteiger charge is -2.27. The minimum Gasteiger partial charge on any atom is -0.481 e. The molecule has 1 aromatic heterocycles. The highest BCUT2D eigenvalue weighted by Gasteiger charge is 2.41. The number of carboxylic acid groups (broad SMARTS) is 1. The molecule has 0 amide bonds. The Bertz CT molecular complexity index is 1320. The first-order valence-corrected chi connectivity index (χ1v) is 13.8. The number of aliphatic imine (C=N–C) groups is 1. The topological polar surface area (TPSA) is 107 Å².